The molecule has 24 heavy (non-hydrogen) atoms. The number of benzene rings is 1. The molecule has 0 atom stereocenters. The lowest BCUT2D eigenvalue weighted by atomic mass is 10.2. The summed E-state index contributed by atoms with van der Waals surface area (Å²) in [5, 5.41) is 26.9. The molecular formula is C16H18N6O2. The number of aryl methyl sites for hydroxylation is 3. The van der Waals surface area contributed by atoms with Gasteiger partial charge in [0, 0.05) is 5.69 Å². The molecule has 0 bridgehead atoms. The van der Waals surface area contributed by atoms with Crippen molar-refractivity contribution in [1.82, 2.24) is 24.7 Å². The number of phenolic OH excluding ortho intramolecular Hbond substituents is 1. The lowest BCUT2D eigenvalue weighted by Gasteiger charge is -2.05. The summed E-state index contributed by atoms with van der Waals surface area (Å²) >= 11 is 0. The van der Waals surface area contributed by atoms with E-state index in [1.165, 1.54) is 7.11 Å². The topological polar surface area (TPSA) is 90.4 Å². The monoisotopic (exact) mass is 326 g/mol. The fourth-order valence-electron chi connectivity index (χ4n) is 2.36. The van der Waals surface area contributed by atoms with Crippen molar-refractivity contribution >= 4 is 6.21 Å². The number of methoxy groups -OCH3 is 1. The molecule has 3 rings (SSSR count). The predicted molar refractivity (Wildman–Crippen MR) is 89.0 cm³/mol. The molecule has 0 saturated carbocycles. The van der Waals surface area contributed by atoms with E-state index >= 15 is 0 Å². The maximum atomic E-state index is 9.84. The second-order valence-electron chi connectivity index (χ2n) is 5.37. The Labute approximate surface area is 139 Å². The van der Waals surface area contributed by atoms with E-state index in [1.54, 1.807) is 33.8 Å². The van der Waals surface area contributed by atoms with Gasteiger partial charge in [0.05, 0.1) is 19.0 Å². The van der Waals surface area contributed by atoms with Gasteiger partial charge < -0.3 is 9.84 Å². The summed E-state index contributed by atoms with van der Waals surface area (Å²) in [6.07, 6.45) is 1.62. The molecule has 8 nitrogen and oxygen atoms in total. The number of aromatic nitrogens is 5. The minimum absolute atomic E-state index is 0.0562. The van der Waals surface area contributed by atoms with Crippen molar-refractivity contribution in [2.45, 2.75) is 20.8 Å². The Balaban J connectivity index is 1.97. The first-order chi connectivity index (χ1) is 11.5. The van der Waals surface area contributed by atoms with Crippen LogP contribution in [0.1, 0.15) is 22.8 Å². The number of nitrogens with zero attached hydrogens (tertiary/aromatic N) is 6. The van der Waals surface area contributed by atoms with Gasteiger partial charge in [0.25, 0.3) is 5.95 Å². The second-order valence-corrected chi connectivity index (χ2v) is 5.37. The average Bonchev–Trinajstić information content (AvgIpc) is 3.07. The minimum Gasteiger partial charge on any atom is -0.504 e. The first-order valence-electron chi connectivity index (χ1n) is 7.36. The normalized spacial score (nSPS) is 11.3. The van der Waals surface area contributed by atoms with E-state index in [9.17, 15) is 5.11 Å². The summed E-state index contributed by atoms with van der Waals surface area (Å²) in [4.78, 5) is 0. The zero-order valence-corrected chi connectivity index (χ0v) is 13.9. The van der Waals surface area contributed by atoms with Crippen LogP contribution in [0.5, 0.6) is 11.5 Å². The molecule has 0 aliphatic rings. The molecule has 124 valence electrons. The SMILES string of the molecule is COc1ccc(/C=N/n2c(C)nnc2-n2nc(C)cc2C)cc1O. The maximum Gasteiger partial charge on any atom is 0.273 e. The van der Waals surface area contributed by atoms with Crippen LogP contribution in [0, 0.1) is 20.8 Å². The van der Waals surface area contributed by atoms with E-state index in [-0.39, 0.29) is 5.75 Å². The second kappa shape index (κ2) is 6.15. The standard InChI is InChI=1S/C16H18N6O2/c1-10-7-11(2)21(20-10)16-19-18-12(3)22(16)17-9-13-5-6-15(24-4)14(23)8-13/h5-9,23H,1-4H3/b17-9+. The smallest absolute Gasteiger partial charge is 0.273 e. The van der Waals surface area contributed by atoms with Crippen LogP contribution in [0.15, 0.2) is 29.4 Å². The van der Waals surface area contributed by atoms with Gasteiger partial charge in [-0.2, -0.15) is 14.9 Å². The fraction of sp³-hybridized carbons (Fsp3) is 0.250. The summed E-state index contributed by atoms with van der Waals surface area (Å²) in [6.45, 7) is 5.67. The highest BCUT2D eigenvalue weighted by Crippen LogP contribution is 2.25. The van der Waals surface area contributed by atoms with Crippen LogP contribution in [-0.2, 0) is 0 Å². The van der Waals surface area contributed by atoms with Crippen molar-refractivity contribution in [2.24, 2.45) is 5.10 Å². The van der Waals surface area contributed by atoms with Crippen LogP contribution >= 0.6 is 0 Å². The van der Waals surface area contributed by atoms with Crippen LogP contribution in [0.3, 0.4) is 0 Å². The maximum absolute atomic E-state index is 9.84. The number of rotatable bonds is 4. The van der Waals surface area contributed by atoms with E-state index in [0.717, 1.165) is 17.0 Å². The molecule has 1 aromatic carbocycles. The Morgan fingerprint density at radius 3 is 2.58 bits per heavy atom. The Morgan fingerprint density at radius 1 is 1.17 bits per heavy atom. The molecule has 0 fully saturated rings. The molecule has 3 aromatic rings. The van der Waals surface area contributed by atoms with E-state index in [2.05, 4.69) is 20.4 Å². The third-order valence-electron chi connectivity index (χ3n) is 3.50. The van der Waals surface area contributed by atoms with Gasteiger partial charge in [-0.05, 0) is 50.6 Å². The van der Waals surface area contributed by atoms with Gasteiger partial charge in [0.1, 0.15) is 0 Å². The van der Waals surface area contributed by atoms with E-state index in [4.69, 9.17) is 4.74 Å². The van der Waals surface area contributed by atoms with Crippen molar-refractivity contribution in [1.29, 1.82) is 0 Å². The van der Waals surface area contributed by atoms with Gasteiger partial charge >= 0.3 is 0 Å². The van der Waals surface area contributed by atoms with Crippen molar-refractivity contribution in [3.05, 3.63) is 47.0 Å². The molecule has 0 radical (unpaired) electrons. The summed E-state index contributed by atoms with van der Waals surface area (Å²) < 4.78 is 8.32. The molecule has 2 heterocycles. The Kier molecular flexibility index (Phi) is 4.03. The quantitative estimate of drug-likeness (QED) is 0.740. The zero-order valence-electron chi connectivity index (χ0n) is 13.9. The van der Waals surface area contributed by atoms with Gasteiger partial charge in [-0.1, -0.05) is 0 Å². The van der Waals surface area contributed by atoms with Gasteiger partial charge in [-0.25, -0.2) is 4.68 Å². The molecule has 2 aromatic heterocycles. The van der Waals surface area contributed by atoms with Crippen LogP contribution < -0.4 is 4.74 Å². The summed E-state index contributed by atoms with van der Waals surface area (Å²) in [7, 11) is 1.50. The van der Waals surface area contributed by atoms with Crippen LogP contribution in [0.25, 0.3) is 5.95 Å². The van der Waals surface area contributed by atoms with Crippen molar-refractivity contribution in [3.63, 3.8) is 0 Å². The van der Waals surface area contributed by atoms with Crippen LogP contribution in [-0.4, -0.2) is 43.1 Å². The van der Waals surface area contributed by atoms with E-state index in [0.29, 0.717) is 17.5 Å². The average molecular weight is 326 g/mol. The summed E-state index contributed by atoms with van der Waals surface area (Å²) in [5.74, 6) is 1.61. The molecule has 0 saturated heterocycles. The largest absolute Gasteiger partial charge is 0.504 e. The zero-order chi connectivity index (χ0) is 17.3. The number of hydrogen-bond acceptors (Lipinski definition) is 6. The minimum atomic E-state index is 0.0562. The highest BCUT2D eigenvalue weighted by molar-refractivity contribution is 5.80. The van der Waals surface area contributed by atoms with Gasteiger partial charge in [-0.15, -0.1) is 10.2 Å². The number of aromatic hydroxyl groups is 1. The third kappa shape index (κ3) is 2.85. The first kappa shape index (κ1) is 15.7. The molecular weight excluding hydrogens is 308 g/mol. The highest BCUT2D eigenvalue weighted by atomic mass is 16.5. The number of phenols is 1. The molecule has 8 heteroatoms. The molecule has 0 unspecified atom stereocenters. The van der Waals surface area contributed by atoms with Crippen LogP contribution in [0.4, 0.5) is 0 Å². The first-order valence-corrected chi connectivity index (χ1v) is 7.36. The fourth-order valence-corrected chi connectivity index (χ4v) is 2.36. The van der Waals surface area contributed by atoms with Gasteiger partial charge in [0.15, 0.2) is 17.3 Å². The molecule has 1 N–H and O–H groups in total. The van der Waals surface area contributed by atoms with Gasteiger partial charge in [-0.3, -0.25) is 0 Å². The number of ether oxygens (including phenoxy) is 1. The third-order valence-corrected chi connectivity index (χ3v) is 3.50. The Hall–Kier alpha value is -3.16. The number of hydrogen-bond donors (Lipinski definition) is 1. The van der Waals surface area contributed by atoms with Crippen LogP contribution in [0.2, 0.25) is 0 Å². The van der Waals surface area contributed by atoms with Crippen molar-refractivity contribution in [2.75, 3.05) is 7.11 Å². The predicted octanol–water partition coefficient (Wildman–Crippen LogP) is 1.99. The lowest BCUT2D eigenvalue weighted by molar-refractivity contribution is 0.373. The summed E-state index contributed by atoms with van der Waals surface area (Å²) in [6, 6.07) is 7.01. The molecule has 0 amide bonds. The Bertz CT molecular complexity index is 909. The van der Waals surface area contributed by atoms with E-state index in [1.807, 2.05) is 26.8 Å². The van der Waals surface area contributed by atoms with Crippen molar-refractivity contribution < 1.29 is 9.84 Å². The summed E-state index contributed by atoms with van der Waals surface area (Å²) in [5.41, 5.74) is 2.56. The van der Waals surface area contributed by atoms with Gasteiger partial charge in [0.2, 0.25) is 0 Å². The van der Waals surface area contributed by atoms with Crippen molar-refractivity contribution in [3.8, 4) is 17.4 Å². The van der Waals surface area contributed by atoms with E-state index < -0.39 is 0 Å². The molecule has 0 spiro atoms. The Morgan fingerprint density at radius 2 is 1.96 bits per heavy atom. The molecule has 0 aliphatic heterocycles. The lowest BCUT2D eigenvalue weighted by Crippen LogP contribution is -2.07. The molecule has 0 aliphatic carbocycles. The highest BCUT2D eigenvalue weighted by Gasteiger charge is 2.13.